The van der Waals surface area contributed by atoms with Crippen molar-refractivity contribution >= 4 is 5.52 Å². The van der Waals surface area contributed by atoms with Crippen LogP contribution in [0.2, 0.25) is 0 Å². The Balaban J connectivity index is 1.82. The molecule has 0 amide bonds. The van der Waals surface area contributed by atoms with Crippen molar-refractivity contribution in [2.75, 3.05) is 7.11 Å². The fourth-order valence-corrected chi connectivity index (χ4v) is 3.89. The molecule has 0 bridgehead atoms. The number of benzene rings is 1. The van der Waals surface area contributed by atoms with Crippen molar-refractivity contribution in [2.24, 2.45) is 0 Å². The molecule has 4 rings (SSSR count). The third-order valence-electron chi connectivity index (χ3n) is 5.13. The molecule has 3 aromatic rings. The maximum Gasteiger partial charge on any atom is 0.118 e. The number of methoxy groups -OCH3 is 1. The summed E-state index contributed by atoms with van der Waals surface area (Å²) in [6.07, 6.45) is 8.98. The van der Waals surface area contributed by atoms with Crippen LogP contribution >= 0.6 is 0 Å². The molecule has 0 saturated heterocycles. The predicted octanol–water partition coefficient (Wildman–Crippen LogP) is 5.66. The van der Waals surface area contributed by atoms with E-state index in [1.165, 1.54) is 54.4 Å². The number of rotatable bonds is 3. The molecule has 0 spiro atoms. The summed E-state index contributed by atoms with van der Waals surface area (Å²) in [4.78, 5) is 0. The van der Waals surface area contributed by atoms with Crippen LogP contribution in [0.15, 0.2) is 54.7 Å². The quantitative estimate of drug-likeness (QED) is 0.608. The van der Waals surface area contributed by atoms with Crippen LogP contribution in [0.25, 0.3) is 16.6 Å². The van der Waals surface area contributed by atoms with Crippen LogP contribution in [0.1, 0.15) is 43.7 Å². The summed E-state index contributed by atoms with van der Waals surface area (Å²) in [5.74, 6) is 1.61. The van der Waals surface area contributed by atoms with Crippen LogP contribution in [0.5, 0.6) is 5.75 Å². The highest BCUT2D eigenvalue weighted by Gasteiger charge is 2.20. The SMILES string of the molecule is COc1ccc(-c2cc(C3CCCCC3)n3ccccc23)cc1. The van der Waals surface area contributed by atoms with Gasteiger partial charge in [-0.15, -0.1) is 0 Å². The van der Waals surface area contributed by atoms with Crippen molar-refractivity contribution in [3.8, 4) is 16.9 Å². The van der Waals surface area contributed by atoms with Gasteiger partial charge < -0.3 is 9.14 Å². The van der Waals surface area contributed by atoms with E-state index >= 15 is 0 Å². The lowest BCUT2D eigenvalue weighted by Crippen LogP contribution is -2.06. The van der Waals surface area contributed by atoms with Crippen molar-refractivity contribution in [1.82, 2.24) is 4.40 Å². The smallest absolute Gasteiger partial charge is 0.118 e. The van der Waals surface area contributed by atoms with Crippen LogP contribution in [0.4, 0.5) is 0 Å². The number of fused-ring (bicyclic) bond motifs is 1. The highest BCUT2D eigenvalue weighted by atomic mass is 16.5. The lowest BCUT2D eigenvalue weighted by molar-refractivity contribution is 0.415. The summed E-state index contributed by atoms with van der Waals surface area (Å²) in [5.41, 5.74) is 5.37. The van der Waals surface area contributed by atoms with Crippen LogP contribution in [0, 0.1) is 0 Å². The summed E-state index contributed by atoms with van der Waals surface area (Å²) in [7, 11) is 1.71. The third-order valence-corrected chi connectivity index (χ3v) is 5.13. The van der Waals surface area contributed by atoms with E-state index in [9.17, 15) is 0 Å². The van der Waals surface area contributed by atoms with Crippen LogP contribution in [0.3, 0.4) is 0 Å². The normalized spacial score (nSPS) is 15.9. The van der Waals surface area contributed by atoms with Gasteiger partial charge in [-0.05, 0) is 54.7 Å². The molecule has 0 unspecified atom stereocenters. The van der Waals surface area contributed by atoms with Gasteiger partial charge in [0.1, 0.15) is 5.75 Å². The number of hydrogen-bond acceptors (Lipinski definition) is 1. The number of pyridine rings is 1. The van der Waals surface area contributed by atoms with Gasteiger partial charge >= 0.3 is 0 Å². The molecule has 1 aliphatic rings. The van der Waals surface area contributed by atoms with Crippen molar-refractivity contribution in [2.45, 2.75) is 38.0 Å². The van der Waals surface area contributed by atoms with Gasteiger partial charge in [-0.2, -0.15) is 0 Å². The second kappa shape index (κ2) is 6.11. The zero-order chi connectivity index (χ0) is 15.6. The minimum absolute atomic E-state index is 0.700. The van der Waals surface area contributed by atoms with E-state index in [4.69, 9.17) is 4.74 Å². The van der Waals surface area contributed by atoms with Gasteiger partial charge in [0.2, 0.25) is 0 Å². The molecule has 1 aliphatic carbocycles. The summed E-state index contributed by atoms with van der Waals surface area (Å²) in [5, 5.41) is 0. The average molecular weight is 305 g/mol. The monoisotopic (exact) mass is 305 g/mol. The van der Waals surface area contributed by atoms with Crippen LogP contribution in [-0.4, -0.2) is 11.5 Å². The second-order valence-corrected chi connectivity index (χ2v) is 6.50. The van der Waals surface area contributed by atoms with Crippen molar-refractivity contribution in [3.05, 3.63) is 60.4 Å². The van der Waals surface area contributed by atoms with Gasteiger partial charge in [-0.3, -0.25) is 0 Å². The number of ether oxygens (including phenoxy) is 1. The molecule has 1 saturated carbocycles. The van der Waals surface area contributed by atoms with Gasteiger partial charge in [-0.1, -0.05) is 37.5 Å². The van der Waals surface area contributed by atoms with E-state index in [-0.39, 0.29) is 0 Å². The Labute approximate surface area is 137 Å². The molecular weight excluding hydrogens is 282 g/mol. The number of nitrogens with zero attached hydrogens (tertiary/aromatic N) is 1. The van der Waals surface area contributed by atoms with Gasteiger partial charge in [-0.25, -0.2) is 0 Å². The maximum absolute atomic E-state index is 5.29. The Morgan fingerprint density at radius 2 is 1.74 bits per heavy atom. The molecule has 1 aromatic carbocycles. The van der Waals surface area contributed by atoms with E-state index in [1.54, 1.807) is 7.11 Å². The molecule has 23 heavy (non-hydrogen) atoms. The number of aromatic nitrogens is 1. The standard InChI is InChI=1S/C21H23NO/c1-23-18-12-10-16(11-13-18)19-15-21(17-7-3-2-4-8-17)22-14-6-5-9-20(19)22/h5-6,9-15,17H,2-4,7-8H2,1H3. The Kier molecular flexibility index (Phi) is 3.82. The van der Waals surface area contributed by atoms with Crippen LogP contribution < -0.4 is 4.74 Å². The van der Waals surface area contributed by atoms with Crippen molar-refractivity contribution < 1.29 is 4.74 Å². The lowest BCUT2D eigenvalue weighted by Gasteiger charge is -2.21. The van der Waals surface area contributed by atoms with Gasteiger partial charge in [0.05, 0.1) is 12.6 Å². The highest BCUT2D eigenvalue weighted by molar-refractivity contribution is 5.82. The minimum atomic E-state index is 0.700. The Hall–Kier alpha value is -2.22. The lowest BCUT2D eigenvalue weighted by atomic mass is 9.87. The maximum atomic E-state index is 5.29. The van der Waals surface area contributed by atoms with Gasteiger partial charge in [0, 0.05) is 17.5 Å². The molecule has 1 fully saturated rings. The Morgan fingerprint density at radius 1 is 0.957 bits per heavy atom. The number of hydrogen-bond donors (Lipinski definition) is 0. The van der Waals surface area contributed by atoms with E-state index < -0.39 is 0 Å². The first kappa shape index (κ1) is 14.4. The molecule has 118 valence electrons. The highest BCUT2D eigenvalue weighted by Crippen LogP contribution is 2.37. The van der Waals surface area contributed by atoms with E-state index in [0.29, 0.717) is 5.92 Å². The van der Waals surface area contributed by atoms with E-state index in [0.717, 1.165) is 5.75 Å². The molecule has 2 nitrogen and oxygen atoms in total. The second-order valence-electron chi connectivity index (χ2n) is 6.50. The first-order valence-corrected chi connectivity index (χ1v) is 8.61. The Morgan fingerprint density at radius 3 is 2.48 bits per heavy atom. The van der Waals surface area contributed by atoms with E-state index in [1.807, 2.05) is 12.1 Å². The van der Waals surface area contributed by atoms with Gasteiger partial charge in [0.25, 0.3) is 0 Å². The predicted molar refractivity (Wildman–Crippen MR) is 95.2 cm³/mol. The fourth-order valence-electron chi connectivity index (χ4n) is 3.89. The molecular formula is C21H23NO. The molecule has 0 N–H and O–H groups in total. The van der Waals surface area contributed by atoms with Crippen LogP contribution in [-0.2, 0) is 0 Å². The topological polar surface area (TPSA) is 13.6 Å². The summed E-state index contributed by atoms with van der Waals surface area (Å²) in [6.45, 7) is 0. The largest absolute Gasteiger partial charge is 0.497 e. The first-order chi connectivity index (χ1) is 11.4. The zero-order valence-electron chi connectivity index (χ0n) is 13.7. The molecule has 2 aromatic heterocycles. The first-order valence-electron chi connectivity index (χ1n) is 8.61. The van der Waals surface area contributed by atoms with Crippen molar-refractivity contribution in [3.63, 3.8) is 0 Å². The molecule has 0 radical (unpaired) electrons. The molecule has 2 heteroatoms. The average Bonchev–Trinajstić information content (AvgIpc) is 3.02. The van der Waals surface area contributed by atoms with Gasteiger partial charge in [0.15, 0.2) is 0 Å². The summed E-state index contributed by atoms with van der Waals surface area (Å²) in [6, 6.07) is 17.3. The zero-order valence-corrected chi connectivity index (χ0v) is 13.7. The Bertz CT molecular complexity index is 794. The van der Waals surface area contributed by atoms with E-state index in [2.05, 4.69) is 47.0 Å². The summed E-state index contributed by atoms with van der Waals surface area (Å²) >= 11 is 0. The minimum Gasteiger partial charge on any atom is -0.497 e. The third kappa shape index (κ3) is 2.63. The molecule has 0 aliphatic heterocycles. The summed E-state index contributed by atoms with van der Waals surface area (Å²) < 4.78 is 7.69. The van der Waals surface area contributed by atoms with Crippen molar-refractivity contribution in [1.29, 1.82) is 0 Å². The molecule has 0 atom stereocenters. The fraction of sp³-hybridized carbons (Fsp3) is 0.333. The molecule has 2 heterocycles.